The van der Waals surface area contributed by atoms with Crippen LogP contribution in [0.5, 0.6) is 0 Å². The molecule has 0 spiro atoms. The summed E-state index contributed by atoms with van der Waals surface area (Å²) in [5, 5.41) is 12.8. The second kappa shape index (κ2) is 7.06. The second-order valence-corrected chi connectivity index (χ2v) is 7.74. The van der Waals surface area contributed by atoms with Gasteiger partial charge in [-0.3, -0.25) is 14.4 Å². The molecular formula is C17H22N6O2S. The number of carbonyl (C=O) groups excluding carboxylic acids is 2. The van der Waals surface area contributed by atoms with E-state index in [2.05, 4.69) is 26.1 Å². The SMILES string of the molecule is Cn1ccc(N2CCC[C@@H](NC(=O)NCc3nc(C4CC4)cs3)C2=O)n1. The minimum atomic E-state index is -0.524. The fraction of sp³-hybridized carbons (Fsp3) is 0.529. The van der Waals surface area contributed by atoms with Crippen molar-refractivity contribution in [3.05, 3.63) is 28.3 Å². The minimum Gasteiger partial charge on any atom is -0.332 e. The highest BCUT2D eigenvalue weighted by Crippen LogP contribution is 2.40. The molecule has 138 valence electrons. The monoisotopic (exact) mass is 374 g/mol. The van der Waals surface area contributed by atoms with Gasteiger partial charge >= 0.3 is 6.03 Å². The zero-order chi connectivity index (χ0) is 18.1. The van der Waals surface area contributed by atoms with Gasteiger partial charge in [0.05, 0.1) is 12.2 Å². The van der Waals surface area contributed by atoms with Crippen LogP contribution in [0.15, 0.2) is 17.6 Å². The van der Waals surface area contributed by atoms with Crippen molar-refractivity contribution in [2.45, 2.75) is 44.2 Å². The first-order valence-electron chi connectivity index (χ1n) is 8.90. The van der Waals surface area contributed by atoms with Gasteiger partial charge in [0.15, 0.2) is 5.82 Å². The molecule has 2 aromatic heterocycles. The van der Waals surface area contributed by atoms with Crippen LogP contribution in [0.1, 0.15) is 42.3 Å². The van der Waals surface area contributed by atoms with E-state index in [4.69, 9.17) is 0 Å². The van der Waals surface area contributed by atoms with Gasteiger partial charge in [-0.25, -0.2) is 9.78 Å². The van der Waals surface area contributed by atoms with Crippen LogP contribution >= 0.6 is 11.3 Å². The number of nitrogens with zero attached hydrogens (tertiary/aromatic N) is 4. The topological polar surface area (TPSA) is 92.1 Å². The van der Waals surface area contributed by atoms with Crippen molar-refractivity contribution >= 4 is 29.1 Å². The van der Waals surface area contributed by atoms with Gasteiger partial charge in [-0.2, -0.15) is 5.10 Å². The summed E-state index contributed by atoms with van der Waals surface area (Å²) in [6.07, 6.45) is 5.70. The number of piperidine rings is 1. The van der Waals surface area contributed by atoms with E-state index in [0.717, 1.165) is 17.1 Å². The van der Waals surface area contributed by atoms with Gasteiger partial charge in [0.2, 0.25) is 0 Å². The lowest BCUT2D eigenvalue weighted by atomic mass is 10.1. The van der Waals surface area contributed by atoms with Gasteiger partial charge in [0, 0.05) is 37.2 Å². The van der Waals surface area contributed by atoms with Crippen LogP contribution in [-0.2, 0) is 18.4 Å². The van der Waals surface area contributed by atoms with E-state index in [1.54, 1.807) is 33.2 Å². The number of hydrogen-bond donors (Lipinski definition) is 2. The van der Waals surface area contributed by atoms with E-state index in [1.165, 1.54) is 12.8 Å². The molecule has 3 amide bonds. The first kappa shape index (κ1) is 17.0. The Morgan fingerprint density at radius 2 is 2.23 bits per heavy atom. The summed E-state index contributed by atoms with van der Waals surface area (Å²) in [6, 6.07) is 0.943. The molecule has 0 radical (unpaired) electrons. The largest absolute Gasteiger partial charge is 0.332 e. The third-order valence-corrected chi connectivity index (χ3v) is 5.55. The lowest BCUT2D eigenvalue weighted by Crippen LogP contribution is -2.54. The van der Waals surface area contributed by atoms with Crippen LogP contribution < -0.4 is 15.5 Å². The maximum atomic E-state index is 12.7. The van der Waals surface area contributed by atoms with E-state index in [-0.39, 0.29) is 11.9 Å². The quantitative estimate of drug-likeness (QED) is 0.834. The van der Waals surface area contributed by atoms with Crippen molar-refractivity contribution in [1.29, 1.82) is 0 Å². The molecule has 1 saturated heterocycles. The molecule has 2 aliphatic rings. The normalized spacial score (nSPS) is 20.3. The van der Waals surface area contributed by atoms with Gasteiger partial charge in [-0.05, 0) is 25.7 Å². The number of urea groups is 1. The third kappa shape index (κ3) is 3.72. The molecule has 8 nitrogen and oxygen atoms in total. The molecule has 2 aromatic rings. The number of carbonyl (C=O) groups is 2. The Kier molecular flexibility index (Phi) is 4.62. The highest BCUT2D eigenvalue weighted by Gasteiger charge is 2.32. The summed E-state index contributed by atoms with van der Waals surface area (Å²) in [4.78, 5) is 31.0. The molecule has 4 rings (SSSR count). The van der Waals surface area contributed by atoms with Crippen molar-refractivity contribution in [1.82, 2.24) is 25.4 Å². The Morgan fingerprint density at radius 1 is 1.38 bits per heavy atom. The summed E-state index contributed by atoms with van der Waals surface area (Å²) in [7, 11) is 1.81. The highest BCUT2D eigenvalue weighted by atomic mass is 32.1. The van der Waals surface area contributed by atoms with Crippen LogP contribution in [-0.4, -0.2) is 39.3 Å². The number of aryl methyl sites for hydroxylation is 1. The Balaban J connectivity index is 1.30. The second-order valence-electron chi connectivity index (χ2n) is 6.80. The molecule has 0 aromatic carbocycles. The standard InChI is InChI=1S/C17H22N6O2S/c1-22-8-6-14(21-22)23-7-2-3-12(16(23)24)20-17(25)18-9-15-19-13(10-26-15)11-4-5-11/h6,8,10-12H,2-5,7,9H2,1H3,(H2,18,20,25)/t12-/m1/s1. The molecule has 9 heteroatoms. The van der Waals surface area contributed by atoms with E-state index in [9.17, 15) is 9.59 Å². The number of anilines is 1. The number of nitrogens with one attached hydrogen (secondary N) is 2. The zero-order valence-corrected chi connectivity index (χ0v) is 15.5. The molecule has 1 aliphatic carbocycles. The van der Waals surface area contributed by atoms with Crippen LogP contribution in [0.2, 0.25) is 0 Å². The number of rotatable bonds is 5. The molecule has 1 aliphatic heterocycles. The summed E-state index contributed by atoms with van der Waals surface area (Å²) < 4.78 is 1.66. The first-order chi connectivity index (χ1) is 12.6. The van der Waals surface area contributed by atoms with Crippen molar-refractivity contribution in [2.75, 3.05) is 11.4 Å². The molecule has 2 fully saturated rings. The first-order valence-corrected chi connectivity index (χ1v) is 9.78. The lowest BCUT2D eigenvalue weighted by Gasteiger charge is -2.31. The van der Waals surface area contributed by atoms with Crippen LogP contribution in [0.25, 0.3) is 0 Å². The molecule has 0 bridgehead atoms. The van der Waals surface area contributed by atoms with Crippen LogP contribution in [0.4, 0.5) is 10.6 Å². The number of hydrogen-bond acceptors (Lipinski definition) is 5. The Morgan fingerprint density at radius 3 is 2.96 bits per heavy atom. The van der Waals surface area contributed by atoms with E-state index in [0.29, 0.717) is 31.2 Å². The van der Waals surface area contributed by atoms with Crippen molar-refractivity contribution in [2.24, 2.45) is 7.05 Å². The molecular weight excluding hydrogens is 352 g/mol. The van der Waals surface area contributed by atoms with Crippen LogP contribution in [0, 0.1) is 0 Å². The molecule has 0 unspecified atom stereocenters. The molecule has 3 heterocycles. The third-order valence-electron chi connectivity index (χ3n) is 4.69. The number of aromatic nitrogens is 3. The Bertz CT molecular complexity index is 812. The fourth-order valence-corrected chi connectivity index (χ4v) is 3.94. The van der Waals surface area contributed by atoms with Crippen molar-refractivity contribution in [3.63, 3.8) is 0 Å². The minimum absolute atomic E-state index is 0.115. The van der Waals surface area contributed by atoms with E-state index in [1.807, 2.05) is 7.05 Å². The van der Waals surface area contributed by atoms with Gasteiger partial charge < -0.3 is 10.6 Å². The average Bonchev–Trinajstić information content (AvgIpc) is 3.21. The number of thiazole rings is 1. The lowest BCUT2D eigenvalue weighted by molar-refractivity contribution is -0.121. The van der Waals surface area contributed by atoms with Gasteiger partial charge in [-0.15, -0.1) is 11.3 Å². The molecule has 2 N–H and O–H groups in total. The van der Waals surface area contributed by atoms with Crippen LogP contribution in [0.3, 0.4) is 0 Å². The van der Waals surface area contributed by atoms with Gasteiger partial charge in [0.25, 0.3) is 5.91 Å². The summed E-state index contributed by atoms with van der Waals surface area (Å²) in [6.45, 7) is 1.01. The Labute approximate surface area is 155 Å². The number of amides is 3. The maximum Gasteiger partial charge on any atom is 0.315 e. The van der Waals surface area contributed by atoms with E-state index >= 15 is 0 Å². The maximum absolute atomic E-state index is 12.7. The average molecular weight is 374 g/mol. The van der Waals surface area contributed by atoms with E-state index < -0.39 is 6.04 Å². The molecule has 1 saturated carbocycles. The summed E-state index contributed by atoms with van der Waals surface area (Å²) in [5.74, 6) is 1.13. The molecule has 26 heavy (non-hydrogen) atoms. The van der Waals surface area contributed by atoms with Crippen molar-refractivity contribution < 1.29 is 9.59 Å². The summed E-state index contributed by atoms with van der Waals surface area (Å²) in [5.41, 5.74) is 1.14. The fourth-order valence-electron chi connectivity index (χ4n) is 3.12. The Hall–Kier alpha value is -2.42. The zero-order valence-electron chi connectivity index (χ0n) is 14.6. The van der Waals surface area contributed by atoms with Crippen molar-refractivity contribution in [3.8, 4) is 0 Å². The predicted octanol–water partition coefficient (Wildman–Crippen LogP) is 1.75. The van der Waals surface area contributed by atoms with Gasteiger partial charge in [-0.1, -0.05) is 0 Å². The molecule has 1 atom stereocenters. The summed E-state index contributed by atoms with van der Waals surface area (Å²) >= 11 is 1.57. The predicted molar refractivity (Wildman–Crippen MR) is 98.0 cm³/mol. The smallest absolute Gasteiger partial charge is 0.315 e. The van der Waals surface area contributed by atoms with Gasteiger partial charge in [0.1, 0.15) is 11.0 Å². The highest BCUT2D eigenvalue weighted by molar-refractivity contribution is 7.09.